The molecule has 0 saturated heterocycles. The Balaban J connectivity index is 4.13. The fourth-order valence-electron chi connectivity index (χ4n) is 6.12. The Morgan fingerprint density at radius 3 is 1.46 bits per heavy atom. The first kappa shape index (κ1) is 54.0. The Hall–Kier alpha value is -1.96. The van der Waals surface area contributed by atoms with Gasteiger partial charge in [0.05, 0.1) is 19.5 Å². The van der Waals surface area contributed by atoms with Gasteiger partial charge in [0.25, 0.3) is 0 Å². The van der Waals surface area contributed by atoms with Gasteiger partial charge in [-0.25, -0.2) is 4.57 Å². The summed E-state index contributed by atoms with van der Waals surface area (Å²) in [5, 5.41) is 0. The average molecular weight is 808 g/mol. The fraction of sp³-hybridized carbons (Fsp3) is 0.766. The van der Waals surface area contributed by atoms with Crippen LogP contribution >= 0.6 is 7.82 Å². The lowest BCUT2D eigenvalue weighted by Crippen LogP contribution is -2.27. The Morgan fingerprint density at radius 1 is 0.554 bits per heavy atom. The number of ether oxygens (including phenoxy) is 2. The molecule has 3 N–H and O–H groups in total. The molecule has 0 bridgehead atoms. The molecule has 326 valence electrons. The second kappa shape index (κ2) is 44.1. The van der Waals surface area contributed by atoms with Gasteiger partial charge >= 0.3 is 13.8 Å². The van der Waals surface area contributed by atoms with Crippen LogP contribution in [0.3, 0.4) is 0 Å². The third-order valence-corrected chi connectivity index (χ3v) is 10.5. The molecule has 8 nitrogen and oxygen atoms in total. The Kier molecular flexibility index (Phi) is 42.6. The molecule has 0 radical (unpaired) electrons. The van der Waals surface area contributed by atoms with Crippen molar-refractivity contribution in [3.63, 3.8) is 0 Å². The molecule has 56 heavy (non-hydrogen) atoms. The summed E-state index contributed by atoms with van der Waals surface area (Å²) >= 11 is 0. The zero-order valence-corrected chi connectivity index (χ0v) is 37.0. The predicted octanol–water partition coefficient (Wildman–Crippen LogP) is 14.1. The molecule has 0 rings (SSSR count). The van der Waals surface area contributed by atoms with Gasteiger partial charge in [-0.05, 0) is 70.3 Å². The molecule has 0 heterocycles. The number of allylic oxidation sites excluding steroid dienone is 9. The van der Waals surface area contributed by atoms with Crippen molar-refractivity contribution in [2.45, 2.75) is 206 Å². The first-order valence-corrected chi connectivity index (χ1v) is 24.3. The Labute approximate surface area is 344 Å². The largest absolute Gasteiger partial charge is 0.498 e. The van der Waals surface area contributed by atoms with E-state index in [0.717, 1.165) is 51.4 Å². The molecule has 0 aliphatic heterocycles. The van der Waals surface area contributed by atoms with E-state index in [1.54, 1.807) is 6.26 Å². The van der Waals surface area contributed by atoms with Gasteiger partial charge in [0.2, 0.25) is 0 Å². The van der Waals surface area contributed by atoms with Gasteiger partial charge in [0.1, 0.15) is 6.61 Å². The van der Waals surface area contributed by atoms with E-state index in [2.05, 4.69) is 62.5 Å². The fourth-order valence-corrected chi connectivity index (χ4v) is 6.89. The molecule has 0 aromatic carbocycles. The predicted molar refractivity (Wildman–Crippen MR) is 238 cm³/mol. The van der Waals surface area contributed by atoms with Gasteiger partial charge in [0, 0.05) is 13.0 Å². The second-order valence-corrected chi connectivity index (χ2v) is 16.4. The van der Waals surface area contributed by atoms with Crippen LogP contribution in [-0.4, -0.2) is 43.3 Å². The highest BCUT2D eigenvalue weighted by atomic mass is 31.2. The SMILES string of the molecule is CCCCC/C=C\C/C=C\C/C=C\C/C=C\CCCCCC(=O)O[C@H](CO/C=C\CCCCCCCCCCCCCCCCCC)COP(=O)(O)OCCN. The second-order valence-electron chi connectivity index (χ2n) is 15.0. The molecule has 9 heteroatoms. The van der Waals surface area contributed by atoms with Crippen LogP contribution in [0.25, 0.3) is 0 Å². The smallest absolute Gasteiger partial charge is 0.472 e. The number of carbonyl (C=O) groups is 1. The molecule has 0 aliphatic rings. The molecule has 0 fully saturated rings. The number of phosphoric ester groups is 1. The number of hydrogen-bond donors (Lipinski definition) is 2. The number of phosphoric acid groups is 1. The lowest BCUT2D eigenvalue weighted by Gasteiger charge is -2.19. The summed E-state index contributed by atoms with van der Waals surface area (Å²) in [6, 6.07) is 0. The number of esters is 1. The van der Waals surface area contributed by atoms with Crippen molar-refractivity contribution < 1.29 is 32.8 Å². The topological polar surface area (TPSA) is 117 Å². The molecular weight excluding hydrogens is 721 g/mol. The maximum Gasteiger partial charge on any atom is 0.472 e. The lowest BCUT2D eigenvalue weighted by molar-refractivity contribution is -0.153. The van der Waals surface area contributed by atoms with E-state index in [1.165, 1.54) is 122 Å². The molecular formula is C47H86NO7P. The van der Waals surface area contributed by atoms with Crippen LogP contribution in [0.2, 0.25) is 0 Å². The summed E-state index contributed by atoms with van der Waals surface area (Å²) in [5.74, 6) is -0.382. The highest BCUT2D eigenvalue weighted by Gasteiger charge is 2.25. The zero-order chi connectivity index (χ0) is 40.9. The minimum absolute atomic E-state index is 0.0180. The summed E-state index contributed by atoms with van der Waals surface area (Å²) in [6.45, 7) is 4.18. The van der Waals surface area contributed by atoms with Crippen molar-refractivity contribution in [3.05, 3.63) is 60.9 Å². The van der Waals surface area contributed by atoms with Crippen LogP contribution in [0.5, 0.6) is 0 Å². The van der Waals surface area contributed by atoms with Gasteiger partial charge in [-0.3, -0.25) is 13.8 Å². The highest BCUT2D eigenvalue weighted by Crippen LogP contribution is 2.43. The van der Waals surface area contributed by atoms with E-state index in [1.807, 2.05) is 6.08 Å². The first-order chi connectivity index (χ1) is 27.4. The monoisotopic (exact) mass is 808 g/mol. The standard InChI is InChI=1S/C47H86NO7P/c1-3-5-7-9-11-13-15-17-19-21-23-24-26-28-30-32-34-36-38-40-47(49)55-46(45-54-56(50,51)53-43-41-48)44-52-42-39-37-35-33-31-29-27-25-22-20-18-16-14-12-10-8-6-4-2/h11,13,17,19,23-24,28,30,39,42,46H,3-10,12,14-16,18,20-22,25-27,29,31-38,40-41,43-45,48H2,1-2H3,(H,50,51)/b13-11-,19-17-,24-23-,30-28-,42-39-/t46-/m1/s1. The van der Waals surface area contributed by atoms with Gasteiger partial charge in [0.15, 0.2) is 6.10 Å². The quantitative estimate of drug-likeness (QED) is 0.0206. The highest BCUT2D eigenvalue weighted by molar-refractivity contribution is 7.47. The number of hydrogen-bond acceptors (Lipinski definition) is 7. The minimum atomic E-state index is -4.31. The molecule has 2 atom stereocenters. The minimum Gasteiger partial charge on any atom is -0.498 e. The third kappa shape index (κ3) is 43.2. The third-order valence-electron chi connectivity index (χ3n) is 9.50. The van der Waals surface area contributed by atoms with Gasteiger partial charge in [-0.1, -0.05) is 178 Å². The van der Waals surface area contributed by atoms with Crippen LogP contribution in [0.15, 0.2) is 60.9 Å². The van der Waals surface area contributed by atoms with Gasteiger partial charge in [-0.2, -0.15) is 0 Å². The molecule has 0 aromatic heterocycles. The van der Waals surface area contributed by atoms with Crippen molar-refractivity contribution >= 4 is 13.8 Å². The number of nitrogens with two attached hydrogens (primary N) is 1. The summed E-state index contributed by atoms with van der Waals surface area (Å²) in [4.78, 5) is 22.5. The first-order valence-electron chi connectivity index (χ1n) is 22.8. The van der Waals surface area contributed by atoms with E-state index in [0.29, 0.717) is 6.42 Å². The van der Waals surface area contributed by atoms with Gasteiger partial charge in [-0.15, -0.1) is 0 Å². The van der Waals surface area contributed by atoms with E-state index < -0.39 is 13.9 Å². The molecule has 0 aromatic rings. The van der Waals surface area contributed by atoms with Crippen molar-refractivity contribution in [1.82, 2.24) is 0 Å². The number of carbonyl (C=O) groups excluding carboxylic acids is 1. The van der Waals surface area contributed by atoms with Crippen LogP contribution in [0.1, 0.15) is 200 Å². The van der Waals surface area contributed by atoms with Crippen LogP contribution in [-0.2, 0) is 27.9 Å². The summed E-state index contributed by atoms with van der Waals surface area (Å²) in [5.41, 5.74) is 5.37. The van der Waals surface area contributed by atoms with Crippen molar-refractivity contribution in [1.29, 1.82) is 0 Å². The van der Waals surface area contributed by atoms with Crippen LogP contribution in [0, 0.1) is 0 Å². The van der Waals surface area contributed by atoms with Crippen LogP contribution < -0.4 is 5.73 Å². The van der Waals surface area contributed by atoms with Crippen LogP contribution in [0.4, 0.5) is 0 Å². The molecule has 0 spiro atoms. The normalized spacial score (nSPS) is 13.9. The van der Waals surface area contributed by atoms with Crippen molar-refractivity contribution in [3.8, 4) is 0 Å². The van der Waals surface area contributed by atoms with Crippen molar-refractivity contribution in [2.24, 2.45) is 5.73 Å². The molecule has 0 saturated carbocycles. The maximum absolute atomic E-state index is 12.6. The van der Waals surface area contributed by atoms with E-state index in [-0.39, 0.29) is 38.8 Å². The van der Waals surface area contributed by atoms with E-state index in [4.69, 9.17) is 24.3 Å². The lowest BCUT2D eigenvalue weighted by atomic mass is 10.0. The van der Waals surface area contributed by atoms with Crippen molar-refractivity contribution in [2.75, 3.05) is 26.4 Å². The Morgan fingerprint density at radius 2 is 0.964 bits per heavy atom. The summed E-state index contributed by atoms with van der Waals surface area (Å²) in [7, 11) is -4.31. The summed E-state index contributed by atoms with van der Waals surface area (Å²) < 4.78 is 33.2. The average Bonchev–Trinajstić information content (AvgIpc) is 3.19. The maximum atomic E-state index is 12.6. The summed E-state index contributed by atoms with van der Waals surface area (Å²) in [6.07, 6.45) is 54.8. The molecule has 1 unspecified atom stereocenters. The Bertz CT molecular complexity index is 1040. The number of rotatable bonds is 43. The zero-order valence-electron chi connectivity index (χ0n) is 36.1. The van der Waals surface area contributed by atoms with Gasteiger partial charge < -0.3 is 20.1 Å². The molecule has 0 aliphatic carbocycles. The van der Waals surface area contributed by atoms with E-state index >= 15 is 0 Å². The molecule has 0 amide bonds. The number of unbranched alkanes of at least 4 members (excludes halogenated alkanes) is 22. The van der Waals surface area contributed by atoms with E-state index in [9.17, 15) is 14.3 Å².